The molecular formula is C22H16FN9O2. The lowest BCUT2D eigenvalue weighted by molar-refractivity contribution is 0.0820. The number of pyridine rings is 2. The molecule has 4 heterocycles. The number of amides is 1. The van der Waals surface area contributed by atoms with Crippen LogP contribution in [0.25, 0.3) is 28.1 Å². The van der Waals surface area contributed by atoms with E-state index in [1.165, 1.54) is 10.9 Å². The number of aryl methyl sites for hydroxylation is 2. The molecule has 11 nitrogen and oxygen atoms in total. The van der Waals surface area contributed by atoms with Crippen molar-refractivity contribution in [1.82, 2.24) is 40.0 Å². The van der Waals surface area contributed by atoms with Crippen LogP contribution in [0.2, 0.25) is 0 Å². The van der Waals surface area contributed by atoms with Gasteiger partial charge in [-0.15, -0.1) is 5.10 Å². The zero-order chi connectivity index (χ0) is 23.8. The van der Waals surface area contributed by atoms with E-state index in [2.05, 4.69) is 35.9 Å². The van der Waals surface area contributed by atoms with Crippen LogP contribution in [0.5, 0.6) is 0 Å². The van der Waals surface area contributed by atoms with E-state index >= 15 is 0 Å². The van der Waals surface area contributed by atoms with Gasteiger partial charge in [0.15, 0.2) is 5.69 Å². The number of halogens is 1. The molecule has 5 aromatic rings. The highest BCUT2D eigenvalue weighted by molar-refractivity contribution is 6.10. The maximum Gasteiger partial charge on any atom is 0.351 e. The molecule has 34 heavy (non-hydrogen) atoms. The van der Waals surface area contributed by atoms with E-state index in [1.807, 2.05) is 0 Å². The number of benzene rings is 1. The van der Waals surface area contributed by atoms with E-state index in [1.54, 1.807) is 56.6 Å². The third-order valence-corrected chi connectivity index (χ3v) is 5.22. The van der Waals surface area contributed by atoms with Crippen LogP contribution in [-0.2, 0) is 7.05 Å². The van der Waals surface area contributed by atoms with Gasteiger partial charge in [0.05, 0.1) is 34.8 Å². The molecule has 0 radical (unpaired) electrons. The van der Waals surface area contributed by atoms with Crippen molar-refractivity contribution in [1.29, 1.82) is 0 Å². The quantitative estimate of drug-likeness (QED) is 0.398. The van der Waals surface area contributed by atoms with Crippen molar-refractivity contribution in [2.45, 2.75) is 6.92 Å². The summed E-state index contributed by atoms with van der Waals surface area (Å²) in [5.74, 6) is -0.244. The van der Waals surface area contributed by atoms with E-state index in [0.29, 0.717) is 39.4 Å². The van der Waals surface area contributed by atoms with E-state index in [4.69, 9.17) is 0 Å². The normalized spacial score (nSPS) is 11.0. The zero-order valence-electron chi connectivity index (χ0n) is 18.0. The number of hydrogen-bond donors (Lipinski definition) is 1. The Morgan fingerprint density at radius 1 is 1.09 bits per heavy atom. The van der Waals surface area contributed by atoms with Crippen molar-refractivity contribution < 1.29 is 14.0 Å². The number of anilines is 1. The average molecular weight is 457 g/mol. The number of fused-ring (bicyclic) bond motifs is 1. The van der Waals surface area contributed by atoms with Crippen molar-refractivity contribution in [3.05, 3.63) is 71.8 Å². The van der Waals surface area contributed by atoms with Crippen LogP contribution in [0.4, 0.5) is 10.1 Å². The Hall–Kier alpha value is -4.87. The Balaban J connectivity index is 1.50. The van der Waals surface area contributed by atoms with Gasteiger partial charge in [0, 0.05) is 18.6 Å². The van der Waals surface area contributed by atoms with Crippen LogP contribution in [0.1, 0.15) is 26.4 Å². The second-order valence-corrected chi connectivity index (χ2v) is 7.41. The van der Waals surface area contributed by atoms with E-state index in [0.717, 1.165) is 10.9 Å². The smallest absolute Gasteiger partial charge is 0.320 e. The van der Waals surface area contributed by atoms with Gasteiger partial charge in [-0.3, -0.25) is 19.6 Å². The SMILES string of the molecule is Cc1cc(NC(=O)c2cnn(-c3cccc4ncccc34)c2C(=O)F)cnc1-c1nnnn1C. The number of carbonyl (C=O) groups excluding carboxylic acids is 2. The summed E-state index contributed by atoms with van der Waals surface area (Å²) >= 11 is 0. The van der Waals surface area contributed by atoms with Crippen molar-refractivity contribution in [3.8, 4) is 17.2 Å². The molecule has 0 fully saturated rings. The van der Waals surface area contributed by atoms with Gasteiger partial charge in [0.2, 0.25) is 5.82 Å². The van der Waals surface area contributed by atoms with Gasteiger partial charge in [-0.05, 0) is 53.2 Å². The third-order valence-electron chi connectivity index (χ3n) is 5.22. The number of rotatable bonds is 5. The summed E-state index contributed by atoms with van der Waals surface area (Å²) in [5, 5.41) is 18.7. The Morgan fingerprint density at radius 2 is 1.94 bits per heavy atom. The second kappa shape index (κ2) is 8.24. The van der Waals surface area contributed by atoms with Gasteiger partial charge < -0.3 is 5.32 Å². The van der Waals surface area contributed by atoms with Gasteiger partial charge in [0.25, 0.3) is 5.91 Å². The van der Waals surface area contributed by atoms with Crippen LogP contribution < -0.4 is 5.32 Å². The molecule has 0 saturated carbocycles. The summed E-state index contributed by atoms with van der Waals surface area (Å²) < 4.78 is 16.7. The molecule has 4 aromatic heterocycles. The molecule has 1 N–H and O–H groups in total. The molecule has 0 atom stereocenters. The fourth-order valence-corrected chi connectivity index (χ4v) is 3.66. The molecule has 0 saturated heterocycles. The fourth-order valence-electron chi connectivity index (χ4n) is 3.66. The first-order chi connectivity index (χ1) is 16.4. The standard InChI is InChI=1S/C22H16FN9O2/c1-12-9-13(10-25-18(12)21-28-29-30-31(21)2)27-22(34)15-11-26-32(19(15)20(23)33)17-7-3-6-16-14(17)5-4-8-24-16/h3-11H,1-2H3,(H,27,34). The summed E-state index contributed by atoms with van der Waals surface area (Å²) in [6.07, 6.45) is 4.20. The van der Waals surface area contributed by atoms with Crippen molar-refractivity contribution >= 4 is 28.5 Å². The van der Waals surface area contributed by atoms with Gasteiger partial charge in [-0.25, -0.2) is 9.36 Å². The number of hydrogen-bond acceptors (Lipinski definition) is 8. The van der Waals surface area contributed by atoms with Gasteiger partial charge in [-0.2, -0.15) is 9.49 Å². The summed E-state index contributed by atoms with van der Waals surface area (Å²) in [7, 11) is 1.69. The van der Waals surface area contributed by atoms with E-state index in [9.17, 15) is 14.0 Å². The Bertz CT molecular complexity index is 1570. The predicted molar refractivity (Wildman–Crippen MR) is 119 cm³/mol. The summed E-state index contributed by atoms with van der Waals surface area (Å²) in [5.41, 5.74) is 1.95. The molecule has 0 aliphatic carbocycles. The van der Waals surface area contributed by atoms with Crippen LogP contribution in [-0.4, -0.2) is 51.9 Å². The van der Waals surface area contributed by atoms with Crippen LogP contribution in [0.3, 0.4) is 0 Å². The lowest BCUT2D eigenvalue weighted by Gasteiger charge is -2.10. The van der Waals surface area contributed by atoms with Crippen molar-refractivity contribution in [2.24, 2.45) is 7.05 Å². The molecule has 0 aliphatic rings. The molecule has 0 aliphatic heterocycles. The second-order valence-electron chi connectivity index (χ2n) is 7.41. The molecule has 1 amide bonds. The highest BCUT2D eigenvalue weighted by atomic mass is 19.1. The zero-order valence-corrected chi connectivity index (χ0v) is 18.0. The largest absolute Gasteiger partial charge is 0.351 e. The maximum atomic E-state index is 14.2. The number of aromatic nitrogens is 8. The maximum absolute atomic E-state index is 14.2. The predicted octanol–water partition coefficient (Wildman–Crippen LogP) is 2.68. The third kappa shape index (κ3) is 3.56. The van der Waals surface area contributed by atoms with Crippen LogP contribution in [0.15, 0.2) is 55.0 Å². The number of nitrogens with one attached hydrogen (secondary N) is 1. The molecule has 0 spiro atoms. The minimum absolute atomic E-state index is 0.215. The molecule has 1 aromatic carbocycles. The monoisotopic (exact) mass is 457 g/mol. The molecule has 0 unspecified atom stereocenters. The first-order valence-electron chi connectivity index (χ1n) is 10.1. The topological polar surface area (TPSA) is 133 Å². The summed E-state index contributed by atoms with van der Waals surface area (Å²) in [6.45, 7) is 1.79. The molecular weight excluding hydrogens is 441 g/mol. The van der Waals surface area contributed by atoms with Gasteiger partial charge in [-0.1, -0.05) is 6.07 Å². The van der Waals surface area contributed by atoms with E-state index in [-0.39, 0.29) is 5.56 Å². The lowest BCUT2D eigenvalue weighted by Crippen LogP contribution is -2.16. The number of carbonyl (C=O) groups is 2. The highest BCUT2D eigenvalue weighted by Gasteiger charge is 2.25. The highest BCUT2D eigenvalue weighted by Crippen LogP contribution is 2.25. The minimum Gasteiger partial charge on any atom is -0.320 e. The molecule has 5 rings (SSSR count). The minimum atomic E-state index is -1.79. The van der Waals surface area contributed by atoms with Crippen LogP contribution >= 0.6 is 0 Å². The average Bonchev–Trinajstić information content (AvgIpc) is 3.45. The summed E-state index contributed by atoms with van der Waals surface area (Å²) in [6, 6.07) is 8.53. The number of nitrogens with zero attached hydrogens (tertiary/aromatic N) is 8. The first kappa shape index (κ1) is 21.0. The fraction of sp³-hybridized carbons (Fsp3) is 0.0909. The Kier molecular flexibility index (Phi) is 5.09. The van der Waals surface area contributed by atoms with Crippen molar-refractivity contribution in [3.63, 3.8) is 0 Å². The molecule has 0 bridgehead atoms. The Labute approximate surface area is 191 Å². The van der Waals surface area contributed by atoms with Crippen LogP contribution in [0, 0.1) is 6.92 Å². The van der Waals surface area contributed by atoms with E-state index < -0.39 is 17.6 Å². The van der Waals surface area contributed by atoms with Gasteiger partial charge >= 0.3 is 6.04 Å². The first-order valence-corrected chi connectivity index (χ1v) is 10.1. The Morgan fingerprint density at radius 3 is 2.68 bits per heavy atom. The molecule has 12 heteroatoms. The van der Waals surface area contributed by atoms with Gasteiger partial charge in [0.1, 0.15) is 5.69 Å². The number of tetrazole rings is 1. The van der Waals surface area contributed by atoms with Crippen molar-refractivity contribution in [2.75, 3.05) is 5.32 Å². The lowest BCUT2D eigenvalue weighted by atomic mass is 10.1. The molecule has 168 valence electrons. The summed E-state index contributed by atoms with van der Waals surface area (Å²) in [4.78, 5) is 33.5.